The largest absolute Gasteiger partial charge is 0.380 e. The molecule has 1 aromatic rings. The first-order valence-corrected chi connectivity index (χ1v) is 6.02. The van der Waals surface area contributed by atoms with Crippen molar-refractivity contribution in [2.24, 2.45) is 5.84 Å². The fraction of sp³-hybridized carbons (Fsp3) is 0.500. The van der Waals surface area contributed by atoms with E-state index >= 15 is 0 Å². The van der Waals surface area contributed by atoms with Crippen molar-refractivity contribution < 1.29 is 9.53 Å². The second-order valence-electron chi connectivity index (χ2n) is 3.66. The summed E-state index contributed by atoms with van der Waals surface area (Å²) in [6, 6.07) is 3.37. The molecule has 100 valence electrons. The minimum atomic E-state index is -0.0965. The summed E-state index contributed by atoms with van der Waals surface area (Å²) >= 11 is 0. The summed E-state index contributed by atoms with van der Waals surface area (Å²) in [5.74, 6) is 5.14. The molecule has 1 aromatic heterocycles. The van der Waals surface area contributed by atoms with E-state index in [4.69, 9.17) is 10.6 Å². The lowest BCUT2D eigenvalue weighted by Gasteiger charge is -2.20. The summed E-state index contributed by atoms with van der Waals surface area (Å²) < 4.78 is 5.25. The highest BCUT2D eigenvalue weighted by atomic mass is 16.5. The normalized spacial score (nSPS) is 10.2. The van der Waals surface area contributed by atoms with Gasteiger partial charge in [-0.1, -0.05) is 0 Å². The third-order valence-corrected chi connectivity index (χ3v) is 2.53. The third-order valence-electron chi connectivity index (χ3n) is 2.53. The number of nitrogen functional groups attached to an aromatic ring is 1. The highest BCUT2D eigenvalue weighted by Crippen LogP contribution is 2.07. The van der Waals surface area contributed by atoms with Crippen LogP contribution in [0.5, 0.6) is 0 Å². The molecule has 0 fully saturated rings. The maximum atomic E-state index is 12.1. The van der Waals surface area contributed by atoms with E-state index in [9.17, 15) is 4.79 Å². The standard InChI is InChI=1S/C12H20N4O2/c1-3-16(7-8-18-4-2)12(17)11-6-5-10(15-13)9-14-11/h5-6,9,15H,3-4,7-8,13H2,1-2H3. The first-order valence-electron chi connectivity index (χ1n) is 6.02. The molecule has 3 N–H and O–H groups in total. The van der Waals surface area contributed by atoms with E-state index < -0.39 is 0 Å². The number of ether oxygens (including phenoxy) is 1. The fourth-order valence-electron chi connectivity index (χ4n) is 1.49. The topological polar surface area (TPSA) is 80.5 Å². The maximum absolute atomic E-state index is 12.1. The lowest BCUT2D eigenvalue weighted by Crippen LogP contribution is -2.34. The van der Waals surface area contributed by atoms with Gasteiger partial charge in [-0.2, -0.15) is 0 Å². The molecule has 6 nitrogen and oxygen atoms in total. The van der Waals surface area contributed by atoms with E-state index in [1.807, 2.05) is 13.8 Å². The number of amides is 1. The van der Waals surface area contributed by atoms with Gasteiger partial charge in [-0.15, -0.1) is 0 Å². The third kappa shape index (κ3) is 3.97. The van der Waals surface area contributed by atoms with Gasteiger partial charge in [0.05, 0.1) is 18.5 Å². The average Bonchev–Trinajstić information content (AvgIpc) is 2.43. The lowest BCUT2D eigenvalue weighted by molar-refractivity contribution is 0.0664. The van der Waals surface area contributed by atoms with Crippen LogP contribution >= 0.6 is 0 Å². The van der Waals surface area contributed by atoms with Gasteiger partial charge in [-0.25, -0.2) is 4.98 Å². The Morgan fingerprint density at radius 3 is 2.78 bits per heavy atom. The molecule has 0 saturated heterocycles. The zero-order valence-corrected chi connectivity index (χ0v) is 10.8. The summed E-state index contributed by atoms with van der Waals surface area (Å²) in [7, 11) is 0. The molecule has 0 saturated carbocycles. The van der Waals surface area contributed by atoms with Gasteiger partial charge in [0.15, 0.2) is 0 Å². The van der Waals surface area contributed by atoms with Gasteiger partial charge in [0.1, 0.15) is 5.69 Å². The van der Waals surface area contributed by atoms with E-state index in [-0.39, 0.29) is 5.91 Å². The number of hydrazine groups is 1. The fourth-order valence-corrected chi connectivity index (χ4v) is 1.49. The molecule has 0 aromatic carbocycles. The molecule has 0 bridgehead atoms. The zero-order valence-electron chi connectivity index (χ0n) is 10.8. The molecule has 0 radical (unpaired) electrons. The van der Waals surface area contributed by atoms with Gasteiger partial charge in [-0.3, -0.25) is 10.6 Å². The SMILES string of the molecule is CCOCCN(CC)C(=O)c1ccc(NN)cn1. The molecule has 1 amide bonds. The molecule has 0 aliphatic heterocycles. The smallest absolute Gasteiger partial charge is 0.272 e. The molecule has 0 spiro atoms. The van der Waals surface area contributed by atoms with Crippen molar-refractivity contribution in [3.05, 3.63) is 24.0 Å². The van der Waals surface area contributed by atoms with Crippen molar-refractivity contribution in [2.75, 3.05) is 31.7 Å². The molecule has 0 unspecified atom stereocenters. The molecule has 0 aliphatic rings. The molecule has 1 heterocycles. The second-order valence-corrected chi connectivity index (χ2v) is 3.66. The Kier molecular flexibility index (Phi) is 6.10. The summed E-state index contributed by atoms with van der Waals surface area (Å²) in [5, 5.41) is 0. The van der Waals surface area contributed by atoms with Gasteiger partial charge in [0, 0.05) is 19.7 Å². The highest BCUT2D eigenvalue weighted by molar-refractivity contribution is 5.92. The van der Waals surface area contributed by atoms with Gasteiger partial charge < -0.3 is 15.1 Å². The second kappa shape index (κ2) is 7.62. The van der Waals surface area contributed by atoms with Crippen LogP contribution in [0.4, 0.5) is 5.69 Å². The van der Waals surface area contributed by atoms with E-state index in [0.29, 0.717) is 37.7 Å². The number of carbonyl (C=O) groups is 1. The van der Waals surface area contributed by atoms with Crippen LogP contribution in [0.3, 0.4) is 0 Å². The number of carbonyl (C=O) groups excluding carboxylic acids is 1. The summed E-state index contributed by atoms with van der Waals surface area (Å²) in [5.41, 5.74) is 3.55. The number of pyridine rings is 1. The highest BCUT2D eigenvalue weighted by Gasteiger charge is 2.14. The van der Waals surface area contributed by atoms with E-state index in [2.05, 4.69) is 10.4 Å². The van der Waals surface area contributed by atoms with E-state index in [1.165, 1.54) is 6.20 Å². The maximum Gasteiger partial charge on any atom is 0.272 e. The van der Waals surface area contributed by atoms with Crippen molar-refractivity contribution in [3.63, 3.8) is 0 Å². The first kappa shape index (κ1) is 14.4. The molecule has 1 rings (SSSR count). The Labute approximate surface area is 107 Å². The lowest BCUT2D eigenvalue weighted by atomic mass is 10.3. The van der Waals surface area contributed by atoms with Crippen LogP contribution < -0.4 is 11.3 Å². The van der Waals surface area contributed by atoms with Crippen LogP contribution in [-0.4, -0.2) is 42.1 Å². The van der Waals surface area contributed by atoms with Gasteiger partial charge in [0.2, 0.25) is 0 Å². The molecule has 0 atom stereocenters. The Morgan fingerprint density at radius 1 is 1.50 bits per heavy atom. The van der Waals surface area contributed by atoms with Crippen LogP contribution in [0.25, 0.3) is 0 Å². The first-order chi connectivity index (χ1) is 8.72. The predicted octanol–water partition coefficient (Wildman–Crippen LogP) is 0.866. The van der Waals surface area contributed by atoms with Crippen molar-refractivity contribution in [3.8, 4) is 0 Å². The Bertz CT molecular complexity index is 367. The zero-order chi connectivity index (χ0) is 13.4. The number of hydrogen-bond acceptors (Lipinski definition) is 5. The average molecular weight is 252 g/mol. The molecular formula is C12H20N4O2. The number of nitrogens with zero attached hydrogens (tertiary/aromatic N) is 2. The number of rotatable bonds is 7. The summed E-state index contributed by atoms with van der Waals surface area (Å²) in [6.45, 7) is 6.25. The van der Waals surface area contributed by atoms with Crippen molar-refractivity contribution in [1.29, 1.82) is 0 Å². The number of nitrogens with two attached hydrogens (primary N) is 1. The monoisotopic (exact) mass is 252 g/mol. The Balaban J connectivity index is 2.64. The van der Waals surface area contributed by atoms with Crippen molar-refractivity contribution in [1.82, 2.24) is 9.88 Å². The number of anilines is 1. The van der Waals surface area contributed by atoms with E-state index in [1.54, 1.807) is 17.0 Å². The molecule has 6 heteroatoms. The van der Waals surface area contributed by atoms with Gasteiger partial charge in [-0.05, 0) is 26.0 Å². The Morgan fingerprint density at radius 2 is 2.28 bits per heavy atom. The predicted molar refractivity (Wildman–Crippen MR) is 70.1 cm³/mol. The minimum Gasteiger partial charge on any atom is -0.380 e. The number of nitrogens with one attached hydrogen (secondary N) is 1. The molecule has 18 heavy (non-hydrogen) atoms. The minimum absolute atomic E-state index is 0.0965. The van der Waals surface area contributed by atoms with Gasteiger partial charge >= 0.3 is 0 Å². The number of aromatic nitrogens is 1. The number of hydrogen-bond donors (Lipinski definition) is 2. The summed E-state index contributed by atoms with van der Waals surface area (Å²) in [4.78, 5) is 17.9. The number of likely N-dealkylation sites (N-methyl/N-ethyl adjacent to an activating group) is 1. The summed E-state index contributed by atoms with van der Waals surface area (Å²) in [6.07, 6.45) is 1.53. The Hall–Kier alpha value is -1.66. The molecule has 0 aliphatic carbocycles. The molecular weight excluding hydrogens is 232 g/mol. The van der Waals surface area contributed by atoms with Gasteiger partial charge in [0.25, 0.3) is 5.91 Å². The van der Waals surface area contributed by atoms with Crippen molar-refractivity contribution in [2.45, 2.75) is 13.8 Å². The van der Waals surface area contributed by atoms with Crippen LogP contribution in [0, 0.1) is 0 Å². The van der Waals surface area contributed by atoms with Crippen LogP contribution in [0.15, 0.2) is 18.3 Å². The van der Waals surface area contributed by atoms with Crippen molar-refractivity contribution >= 4 is 11.6 Å². The van der Waals surface area contributed by atoms with E-state index in [0.717, 1.165) is 0 Å². The van der Waals surface area contributed by atoms with Crippen LogP contribution in [-0.2, 0) is 4.74 Å². The quantitative estimate of drug-likeness (QED) is 0.427. The van der Waals surface area contributed by atoms with Crippen LogP contribution in [0.2, 0.25) is 0 Å². The van der Waals surface area contributed by atoms with Crippen LogP contribution in [0.1, 0.15) is 24.3 Å².